The lowest BCUT2D eigenvalue weighted by Gasteiger charge is -2.01. The molecule has 1 aromatic heterocycles. The lowest BCUT2D eigenvalue weighted by molar-refractivity contribution is 0.0952. The highest BCUT2D eigenvalue weighted by atomic mass is 32.1. The molecule has 0 bridgehead atoms. The van der Waals surface area contributed by atoms with Gasteiger partial charge in [0.15, 0.2) is 0 Å². The molecule has 1 heterocycles. The number of hydrogen-bond acceptors (Lipinski definition) is 4. The lowest BCUT2D eigenvalue weighted by Crippen LogP contribution is -2.17. The Kier molecular flexibility index (Phi) is 4.30. The SMILES string of the molecule is CCc1ccc(/C=N\NC(=O)c2ccccc2O)s1. The molecular formula is C14H14N2O2S. The van der Waals surface area contributed by atoms with Crippen LogP contribution in [-0.2, 0) is 6.42 Å². The van der Waals surface area contributed by atoms with Gasteiger partial charge in [0.05, 0.1) is 11.8 Å². The quantitative estimate of drug-likeness (QED) is 0.665. The zero-order chi connectivity index (χ0) is 13.7. The second kappa shape index (κ2) is 6.15. The molecule has 2 aromatic rings. The van der Waals surface area contributed by atoms with Gasteiger partial charge in [-0.25, -0.2) is 5.43 Å². The maximum absolute atomic E-state index is 11.7. The van der Waals surface area contributed by atoms with Gasteiger partial charge in [0.2, 0.25) is 0 Å². The minimum absolute atomic E-state index is 0.0559. The number of phenolic OH excluding ortho intramolecular Hbond substituents is 1. The largest absolute Gasteiger partial charge is 0.507 e. The number of aryl methyl sites for hydroxylation is 1. The van der Waals surface area contributed by atoms with Crippen molar-refractivity contribution in [2.75, 3.05) is 0 Å². The Labute approximate surface area is 115 Å². The molecule has 0 spiro atoms. The number of rotatable bonds is 4. The van der Waals surface area contributed by atoms with Gasteiger partial charge in [-0.1, -0.05) is 19.1 Å². The van der Waals surface area contributed by atoms with Crippen molar-refractivity contribution in [2.24, 2.45) is 5.10 Å². The zero-order valence-electron chi connectivity index (χ0n) is 10.5. The highest BCUT2D eigenvalue weighted by molar-refractivity contribution is 7.13. The minimum Gasteiger partial charge on any atom is -0.507 e. The molecule has 2 N–H and O–H groups in total. The summed E-state index contributed by atoms with van der Waals surface area (Å²) in [6.07, 6.45) is 2.59. The number of benzene rings is 1. The molecule has 0 unspecified atom stereocenters. The van der Waals surface area contributed by atoms with Crippen LogP contribution in [0.5, 0.6) is 5.75 Å². The Morgan fingerprint density at radius 3 is 2.84 bits per heavy atom. The van der Waals surface area contributed by atoms with Crippen LogP contribution in [0.3, 0.4) is 0 Å². The molecule has 0 fully saturated rings. The molecule has 4 nitrogen and oxygen atoms in total. The van der Waals surface area contributed by atoms with Gasteiger partial charge < -0.3 is 5.11 Å². The van der Waals surface area contributed by atoms with Crippen LogP contribution in [0, 0.1) is 0 Å². The second-order valence-electron chi connectivity index (χ2n) is 3.87. The maximum Gasteiger partial charge on any atom is 0.275 e. The van der Waals surface area contributed by atoms with Crippen molar-refractivity contribution in [3.8, 4) is 5.75 Å². The molecule has 0 aliphatic heterocycles. The van der Waals surface area contributed by atoms with E-state index < -0.39 is 5.91 Å². The van der Waals surface area contributed by atoms with Gasteiger partial charge in [-0.05, 0) is 30.7 Å². The van der Waals surface area contributed by atoms with E-state index in [9.17, 15) is 9.90 Å². The van der Waals surface area contributed by atoms with E-state index in [1.165, 1.54) is 10.9 Å². The first-order valence-corrected chi connectivity index (χ1v) is 6.72. The van der Waals surface area contributed by atoms with E-state index in [4.69, 9.17) is 0 Å². The van der Waals surface area contributed by atoms with Crippen molar-refractivity contribution < 1.29 is 9.90 Å². The van der Waals surface area contributed by atoms with Crippen molar-refractivity contribution >= 4 is 23.5 Å². The molecule has 19 heavy (non-hydrogen) atoms. The zero-order valence-corrected chi connectivity index (χ0v) is 11.3. The van der Waals surface area contributed by atoms with Crippen molar-refractivity contribution in [1.29, 1.82) is 0 Å². The first kappa shape index (κ1) is 13.3. The predicted molar refractivity (Wildman–Crippen MR) is 76.9 cm³/mol. The third-order valence-corrected chi connectivity index (χ3v) is 3.70. The van der Waals surface area contributed by atoms with E-state index in [1.54, 1.807) is 35.8 Å². The van der Waals surface area contributed by atoms with Gasteiger partial charge in [0.1, 0.15) is 5.75 Å². The number of thiophene rings is 1. The third kappa shape index (κ3) is 3.42. The summed E-state index contributed by atoms with van der Waals surface area (Å²) in [6.45, 7) is 2.09. The minimum atomic E-state index is -0.429. The number of nitrogens with one attached hydrogen (secondary N) is 1. The molecule has 0 saturated heterocycles. The van der Waals surface area contributed by atoms with E-state index in [1.807, 2.05) is 12.1 Å². The first-order chi connectivity index (χ1) is 9.20. The van der Waals surface area contributed by atoms with E-state index in [0.29, 0.717) is 0 Å². The Bertz CT molecular complexity index is 605. The average molecular weight is 274 g/mol. The molecule has 0 aliphatic rings. The van der Waals surface area contributed by atoms with Crippen molar-refractivity contribution in [3.63, 3.8) is 0 Å². The molecule has 1 aromatic carbocycles. The summed E-state index contributed by atoms with van der Waals surface area (Å²) in [6, 6.07) is 10.3. The summed E-state index contributed by atoms with van der Waals surface area (Å²) in [7, 11) is 0. The number of hydrogen-bond donors (Lipinski definition) is 2. The number of carbonyl (C=O) groups is 1. The highest BCUT2D eigenvalue weighted by Crippen LogP contribution is 2.16. The molecule has 98 valence electrons. The molecule has 5 heteroatoms. The van der Waals surface area contributed by atoms with Crippen LogP contribution in [0.4, 0.5) is 0 Å². The molecule has 0 atom stereocenters. The smallest absolute Gasteiger partial charge is 0.275 e. The Morgan fingerprint density at radius 1 is 1.37 bits per heavy atom. The van der Waals surface area contributed by atoms with Gasteiger partial charge in [-0.2, -0.15) is 5.10 Å². The van der Waals surface area contributed by atoms with Crippen molar-refractivity contribution in [3.05, 3.63) is 51.7 Å². The molecule has 0 saturated carbocycles. The van der Waals surface area contributed by atoms with Crippen molar-refractivity contribution in [2.45, 2.75) is 13.3 Å². The number of para-hydroxylation sites is 1. The van der Waals surface area contributed by atoms with Crippen LogP contribution in [0.1, 0.15) is 27.0 Å². The average Bonchev–Trinajstić information content (AvgIpc) is 2.87. The summed E-state index contributed by atoms with van der Waals surface area (Å²) in [4.78, 5) is 14.0. The van der Waals surface area contributed by atoms with Crippen LogP contribution in [0.25, 0.3) is 0 Å². The lowest BCUT2D eigenvalue weighted by atomic mass is 10.2. The summed E-state index contributed by atoms with van der Waals surface area (Å²) in [5.74, 6) is -0.485. The fraction of sp³-hybridized carbons (Fsp3) is 0.143. The first-order valence-electron chi connectivity index (χ1n) is 5.91. The van der Waals surface area contributed by atoms with E-state index in [2.05, 4.69) is 17.5 Å². The van der Waals surface area contributed by atoms with Crippen LogP contribution in [-0.4, -0.2) is 17.2 Å². The standard InChI is InChI=1S/C14H14N2O2S/c1-2-10-7-8-11(19-10)9-15-16-14(18)12-5-3-4-6-13(12)17/h3-9,17H,2H2,1H3,(H,16,18)/b15-9-. The number of nitrogens with zero attached hydrogens (tertiary/aromatic N) is 1. The summed E-state index contributed by atoms with van der Waals surface area (Å²) >= 11 is 1.63. The number of aromatic hydroxyl groups is 1. The topological polar surface area (TPSA) is 61.7 Å². The van der Waals surface area contributed by atoms with Gasteiger partial charge in [0, 0.05) is 9.75 Å². The Morgan fingerprint density at radius 2 is 2.16 bits per heavy atom. The molecule has 1 amide bonds. The van der Waals surface area contributed by atoms with E-state index >= 15 is 0 Å². The fourth-order valence-corrected chi connectivity index (χ4v) is 2.36. The van der Waals surface area contributed by atoms with Crippen molar-refractivity contribution in [1.82, 2.24) is 5.43 Å². The number of amides is 1. The van der Waals surface area contributed by atoms with Crippen LogP contribution < -0.4 is 5.43 Å². The highest BCUT2D eigenvalue weighted by Gasteiger charge is 2.08. The van der Waals surface area contributed by atoms with Gasteiger partial charge in [-0.3, -0.25) is 4.79 Å². The second-order valence-corrected chi connectivity index (χ2v) is 5.07. The Hall–Kier alpha value is -2.14. The summed E-state index contributed by atoms with van der Waals surface area (Å²) < 4.78 is 0. The normalized spacial score (nSPS) is 10.8. The summed E-state index contributed by atoms with van der Waals surface area (Å²) in [5, 5.41) is 13.4. The van der Waals surface area contributed by atoms with Crippen LogP contribution in [0.15, 0.2) is 41.5 Å². The molecule has 2 rings (SSSR count). The number of carbonyl (C=O) groups excluding carboxylic acids is 1. The van der Waals surface area contributed by atoms with Crippen LogP contribution >= 0.6 is 11.3 Å². The Balaban J connectivity index is 1.99. The molecular weight excluding hydrogens is 260 g/mol. The predicted octanol–water partition coefficient (Wildman–Crippen LogP) is 2.78. The van der Waals surface area contributed by atoms with Gasteiger partial charge in [-0.15, -0.1) is 11.3 Å². The molecule has 0 aliphatic carbocycles. The number of hydrazone groups is 1. The van der Waals surface area contributed by atoms with Crippen LogP contribution in [0.2, 0.25) is 0 Å². The van der Waals surface area contributed by atoms with Gasteiger partial charge in [0.25, 0.3) is 5.91 Å². The third-order valence-electron chi connectivity index (χ3n) is 2.54. The van der Waals surface area contributed by atoms with E-state index in [0.717, 1.165) is 11.3 Å². The summed E-state index contributed by atoms with van der Waals surface area (Å²) in [5.41, 5.74) is 2.60. The monoisotopic (exact) mass is 274 g/mol. The number of phenols is 1. The van der Waals surface area contributed by atoms with E-state index in [-0.39, 0.29) is 11.3 Å². The van der Waals surface area contributed by atoms with Gasteiger partial charge >= 0.3 is 0 Å². The molecule has 0 radical (unpaired) electrons. The maximum atomic E-state index is 11.7. The fourth-order valence-electron chi connectivity index (χ4n) is 1.53.